The third kappa shape index (κ3) is 5.34. The number of carbonyl (C=O) groups is 2. The van der Waals surface area contributed by atoms with Gasteiger partial charge in [-0.25, -0.2) is 0 Å². The molecule has 3 rings (SSSR count). The Morgan fingerprint density at radius 2 is 1.83 bits per heavy atom. The number of ether oxygens (including phenoxy) is 2. The molecule has 1 aromatic carbocycles. The smallest absolute Gasteiger partial charge is 0.246 e. The van der Waals surface area contributed by atoms with E-state index in [1.54, 1.807) is 61.9 Å². The maximum atomic E-state index is 12.5. The van der Waals surface area contributed by atoms with Crippen molar-refractivity contribution in [3.8, 4) is 11.5 Å². The van der Waals surface area contributed by atoms with Crippen molar-refractivity contribution in [2.24, 2.45) is 5.92 Å². The minimum absolute atomic E-state index is 0.0122. The molecular weight excluding hydrogens is 370 g/mol. The van der Waals surface area contributed by atoms with Crippen molar-refractivity contribution < 1.29 is 19.1 Å². The van der Waals surface area contributed by atoms with Crippen molar-refractivity contribution in [3.05, 3.63) is 54.4 Å². The minimum Gasteiger partial charge on any atom is -0.497 e. The highest BCUT2D eigenvalue weighted by atomic mass is 16.5. The van der Waals surface area contributed by atoms with E-state index in [1.807, 2.05) is 12.1 Å². The zero-order valence-electron chi connectivity index (χ0n) is 16.6. The molecule has 7 nitrogen and oxygen atoms in total. The Morgan fingerprint density at radius 3 is 2.48 bits per heavy atom. The number of anilines is 1. The molecule has 29 heavy (non-hydrogen) atoms. The van der Waals surface area contributed by atoms with E-state index in [1.165, 1.54) is 0 Å². The second-order valence-electron chi connectivity index (χ2n) is 6.77. The number of methoxy groups -OCH3 is 2. The van der Waals surface area contributed by atoms with Crippen LogP contribution in [0.25, 0.3) is 6.08 Å². The molecule has 1 aromatic heterocycles. The monoisotopic (exact) mass is 395 g/mol. The maximum absolute atomic E-state index is 12.5. The van der Waals surface area contributed by atoms with Gasteiger partial charge >= 0.3 is 0 Å². The number of rotatable bonds is 6. The molecule has 1 aliphatic rings. The van der Waals surface area contributed by atoms with Crippen LogP contribution in [0.3, 0.4) is 0 Å². The van der Waals surface area contributed by atoms with Gasteiger partial charge in [0.1, 0.15) is 11.5 Å². The average molecular weight is 395 g/mol. The molecule has 1 aliphatic heterocycles. The first-order chi connectivity index (χ1) is 14.1. The van der Waals surface area contributed by atoms with E-state index in [0.717, 1.165) is 11.3 Å². The Morgan fingerprint density at radius 1 is 1.10 bits per heavy atom. The van der Waals surface area contributed by atoms with Crippen LogP contribution in [0.1, 0.15) is 18.4 Å². The van der Waals surface area contributed by atoms with Crippen molar-refractivity contribution in [1.29, 1.82) is 0 Å². The Hall–Kier alpha value is -3.35. The van der Waals surface area contributed by atoms with Crippen molar-refractivity contribution in [2.75, 3.05) is 32.6 Å². The largest absolute Gasteiger partial charge is 0.497 e. The highest BCUT2D eigenvalue weighted by Gasteiger charge is 2.26. The van der Waals surface area contributed by atoms with E-state index in [4.69, 9.17) is 9.47 Å². The molecule has 1 saturated heterocycles. The molecule has 1 fully saturated rings. The summed E-state index contributed by atoms with van der Waals surface area (Å²) >= 11 is 0. The number of hydrogen-bond acceptors (Lipinski definition) is 5. The fourth-order valence-corrected chi connectivity index (χ4v) is 3.26. The van der Waals surface area contributed by atoms with Crippen LogP contribution in [-0.4, -0.2) is 49.0 Å². The molecule has 2 aromatic rings. The summed E-state index contributed by atoms with van der Waals surface area (Å²) in [5, 5.41) is 2.90. The standard InChI is InChI=1S/C22H25N3O4/c1-28-19-5-3-16(20(15-19)29-2)4-6-21(26)25-13-9-17(10-14-25)22(27)24-18-7-11-23-12-8-18/h3-8,11-12,15,17H,9-10,13-14H2,1-2H3,(H,23,24,27). The van der Waals surface area contributed by atoms with Crippen LogP contribution in [0.5, 0.6) is 11.5 Å². The van der Waals surface area contributed by atoms with E-state index in [-0.39, 0.29) is 17.7 Å². The summed E-state index contributed by atoms with van der Waals surface area (Å²) in [5.41, 5.74) is 1.54. The summed E-state index contributed by atoms with van der Waals surface area (Å²) in [6, 6.07) is 8.96. The van der Waals surface area contributed by atoms with Gasteiger partial charge in [0.25, 0.3) is 0 Å². The van der Waals surface area contributed by atoms with Gasteiger partial charge in [0.2, 0.25) is 11.8 Å². The molecule has 2 amide bonds. The second-order valence-corrected chi connectivity index (χ2v) is 6.77. The van der Waals surface area contributed by atoms with Crippen molar-refractivity contribution in [2.45, 2.75) is 12.8 Å². The molecule has 0 bridgehead atoms. The van der Waals surface area contributed by atoms with Gasteiger partial charge in [-0.1, -0.05) is 0 Å². The van der Waals surface area contributed by atoms with Gasteiger partial charge in [-0.15, -0.1) is 0 Å². The molecule has 0 atom stereocenters. The van der Waals surface area contributed by atoms with Crippen LogP contribution >= 0.6 is 0 Å². The number of amides is 2. The predicted molar refractivity (Wildman–Crippen MR) is 111 cm³/mol. The van der Waals surface area contributed by atoms with Gasteiger partial charge in [0.05, 0.1) is 14.2 Å². The lowest BCUT2D eigenvalue weighted by atomic mass is 9.95. The van der Waals surface area contributed by atoms with Gasteiger partial charge in [-0.3, -0.25) is 14.6 Å². The zero-order chi connectivity index (χ0) is 20.6. The first-order valence-corrected chi connectivity index (χ1v) is 9.50. The number of nitrogens with one attached hydrogen (secondary N) is 1. The second kappa shape index (κ2) is 9.73. The van der Waals surface area contributed by atoms with Crippen molar-refractivity contribution in [1.82, 2.24) is 9.88 Å². The number of hydrogen-bond donors (Lipinski definition) is 1. The lowest BCUT2D eigenvalue weighted by Gasteiger charge is -2.30. The minimum atomic E-state index is -0.0992. The lowest BCUT2D eigenvalue weighted by molar-refractivity contribution is -0.130. The summed E-state index contributed by atoms with van der Waals surface area (Å²) in [4.78, 5) is 30.6. The first-order valence-electron chi connectivity index (χ1n) is 9.50. The molecule has 0 unspecified atom stereocenters. The number of piperidine rings is 1. The third-order valence-corrected chi connectivity index (χ3v) is 4.97. The normalized spacial score (nSPS) is 14.6. The molecule has 2 heterocycles. The lowest BCUT2D eigenvalue weighted by Crippen LogP contribution is -2.40. The molecule has 7 heteroatoms. The van der Waals surface area contributed by atoms with E-state index >= 15 is 0 Å². The summed E-state index contributed by atoms with van der Waals surface area (Å²) in [6.45, 7) is 1.11. The van der Waals surface area contributed by atoms with Crippen molar-refractivity contribution in [3.63, 3.8) is 0 Å². The predicted octanol–water partition coefficient (Wildman–Crippen LogP) is 2.99. The van der Waals surface area contributed by atoms with Crippen molar-refractivity contribution >= 4 is 23.6 Å². The fourth-order valence-electron chi connectivity index (χ4n) is 3.26. The molecule has 0 radical (unpaired) electrons. The topological polar surface area (TPSA) is 80.8 Å². The van der Waals surface area contributed by atoms with Crippen LogP contribution in [-0.2, 0) is 9.59 Å². The number of benzene rings is 1. The Labute approximate surface area is 170 Å². The van der Waals surface area contributed by atoms with Gasteiger partial charge in [-0.05, 0) is 43.2 Å². The molecule has 0 aliphatic carbocycles. The highest BCUT2D eigenvalue weighted by molar-refractivity contribution is 5.94. The fraction of sp³-hybridized carbons (Fsp3) is 0.318. The molecule has 1 N–H and O–H groups in total. The van der Waals surface area contributed by atoms with Gasteiger partial charge in [-0.2, -0.15) is 0 Å². The van der Waals surface area contributed by atoms with Crippen LogP contribution < -0.4 is 14.8 Å². The van der Waals surface area contributed by atoms with Crippen LogP contribution in [0.2, 0.25) is 0 Å². The van der Waals surface area contributed by atoms with Crippen LogP contribution in [0, 0.1) is 5.92 Å². The van der Waals surface area contributed by atoms with E-state index in [0.29, 0.717) is 37.4 Å². The molecular formula is C22H25N3O4. The maximum Gasteiger partial charge on any atom is 0.246 e. The average Bonchev–Trinajstić information content (AvgIpc) is 2.78. The number of pyridine rings is 1. The zero-order valence-corrected chi connectivity index (χ0v) is 16.6. The van der Waals surface area contributed by atoms with Gasteiger partial charge in [0.15, 0.2) is 0 Å². The SMILES string of the molecule is COc1ccc(C=CC(=O)N2CCC(C(=O)Nc3ccncc3)CC2)c(OC)c1. The Kier molecular flexibility index (Phi) is 6.84. The number of likely N-dealkylation sites (tertiary alicyclic amines) is 1. The van der Waals surface area contributed by atoms with E-state index < -0.39 is 0 Å². The summed E-state index contributed by atoms with van der Waals surface area (Å²) in [5.74, 6) is 1.15. The van der Waals surface area contributed by atoms with Gasteiger partial charge < -0.3 is 19.7 Å². The summed E-state index contributed by atoms with van der Waals surface area (Å²) < 4.78 is 10.5. The number of carbonyl (C=O) groups excluding carboxylic acids is 2. The Bertz CT molecular complexity index is 875. The third-order valence-electron chi connectivity index (χ3n) is 4.97. The van der Waals surface area contributed by atoms with E-state index in [2.05, 4.69) is 10.3 Å². The number of aromatic nitrogens is 1. The first kappa shape index (κ1) is 20.4. The molecule has 0 spiro atoms. The quantitative estimate of drug-likeness (QED) is 0.761. The van der Waals surface area contributed by atoms with E-state index in [9.17, 15) is 9.59 Å². The van der Waals surface area contributed by atoms with Gasteiger partial charge in [0, 0.05) is 54.8 Å². The molecule has 0 saturated carbocycles. The van der Waals surface area contributed by atoms with Crippen LogP contribution in [0.15, 0.2) is 48.8 Å². The Balaban J connectivity index is 1.53. The summed E-state index contributed by atoms with van der Waals surface area (Å²) in [6.07, 6.45) is 7.84. The number of nitrogens with zero attached hydrogens (tertiary/aromatic N) is 2. The molecule has 152 valence electrons. The summed E-state index contributed by atoms with van der Waals surface area (Å²) in [7, 11) is 3.17. The van der Waals surface area contributed by atoms with Crippen LogP contribution in [0.4, 0.5) is 5.69 Å². The highest BCUT2D eigenvalue weighted by Crippen LogP contribution is 2.26.